The zero-order valence-electron chi connectivity index (χ0n) is 19.1. The van der Waals surface area contributed by atoms with Crippen LogP contribution in [0.3, 0.4) is 0 Å². The Kier molecular flexibility index (Phi) is 5.11. The molecule has 33 heavy (non-hydrogen) atoms. The maximum Gasteiger partial charge on any atom is 0.194 e. The summed E-state index contributed by atoms with van der Waals surface area (Å²) in [5, 5.41) is 11.5. The Bertz CT molecular complexity index is 1270. The van der Waals surface area contributed by atoms with Crippen molar-refractivity contribution in [1.82, 2.24) is 0 Å². The van der Waals surface area contributed by atoms with Gasteiger partial charge in [0.1, 0.15) is 5.76 Å². The third-order valence-corrected chi connectivity index (χ3v) is 7.60. The van der Waals surface area contributed by atoms with Gasteiger partial charge in [0.05, 0.1) is 42.8 Å². The average molecular weight is 439 g/mol. The van der Waals surface area contributed by atoms with Crippen LogP contribution in [0.5, 0.6) is 0 Å². The predicted octanol–water partition coefficient (Wildman–Crippen LogP) is 6.26. The van der Waals surface area contributed by atoms with E-state index in [1.54, 1.807) is 12.1 Å². The Labute approximate surface area is 194 Å². The fourth-order valence-corrected chi connectivity index (χ4v) is 6.21. The second-order valence-corrected chi connectivity index (χ2v) is 9.29. The summed E-state index contributed by atoms with van der Waals surface area (Å²) in [6, 6.07) is 9.58. The lowest BCUT2D eigenvalue weighted by atomic mass is 9.72. The van der Waals surface area contributed by atoms with Crippen LogP contribution >= 0.6 is 0 Å². The van der Waals surface area contributed by atoms with Crippen molar-refractivity contribution < 1.29 is 14.6 Å². The van der Waals surface area contributed by atoms with Gasteiger partial charge in [-0.1, -0.05) is 55.3 Å². The fraction of sp³-hybridized carbons (Fsp3) is 0.393. The first kappa shape index (κ1) is 21.4. The van der Waals surface area contributed by atoms with Crippen LogP contribution in [0.2, 0.25) is 0 Å². The number of rotatable bonds is 4. The van der Waals surface area contributed by atoms with E-state index in [4.69, 9.17) is 17.9 Å². The number of carbonyl (C=O) groups excluding carboxylic acids is 1. The molecule has 2 aliphatic heterocycles. The molecule has 2 saturated heterocycles. The van der Waals surface area contributed by atoms with Crippen molar-refractivity contribution >= 4 is 22.7 Å². The highest BCUT2D eigenvalue weighted by molar-refractivity contribution is 6.26. The van der Waals surface area contributed by atoms with Gasteiger partial charge in [0, 0.05) is 5.92 Å². The molecular formula is C28H26N2O3. The molecule has 166 valence electrons. The number of aryl methyl sites for hydroxylation is 3. The van der Waals surface area contributed by atoms with Gasteiger partial charge in [0.15, 0.2) is 17.2 Å². The molecule has 1 aliphatic carbocycles. The molecule has 2 aromatic carbocycles. The number of allylic oxidation sites excluding steroid dienone is 1. The van der Waals surface area contributed by atoms with Crippen LogP contribution in [0.1, 0.15) is 54.0 Å². The summed E-state index contributed by atoms with van der Waals surface area (Å²) in [5.41, 5.74) is 6.39. The molecule has 5 rings (SSSR count). The summed E-state index contributed by atoms with van der Waals surface area (Å²) in [5.74, 6) is -0.551. The lowest BCUT2D eigenvalue weighted by molar-refractivity contribution is -0.118. The van der Waals surface area contributed by atoms with Crippen molar-refractivity contribution in [1.29, 1.82) is 0 Å². The minimum Gasteiger partial charge on any atom is -0.511 e. The number of ketones is 1. The minimum atomic E-state index is -0.358. The Morgan fingerprint density at radius 2 is 1.70 bits per heavy atom. The molecule has 3 aliphatic rings. The molecule has 0 unspecified atom stereocenters. The first-order valence-electron chi connectivity index (χ1n) is 11.6. The van der Waals surface area contributed by atoms with E-state index < -0.39 is 0 Å². The molecule has 5 heteroatoms. The summed E-state index contributed by atoms with van der Waals surface area (Å²) in [7, 11) is 0. The van der Waals surface area contributed by atoms with Crippen molar-refractivity contribution in [2.75, 3.05) is 0 Å². The molecule has 0 radical (unpaired) electrons. The lowest BCUT2D eigenvalue weighted by Crippen LogP contribution is -2.33. The average Bonchev–Trinajstić information content (AvgIpc) is 3.49. The lowest BCUT2D eigenvalue weighted by Gasteiger charge is -2.28. The topological polar surface area (TPSA) is 55.2 Å². The van der Waals surface area contributed by atoms with Crippen molar-refractivity contribution in [2.24, 2.45) is 11.8 Å². The molecule has 0 saturated carbocycles. The Morgan fingerprint density at radius 3 is 2.30 bits per heavy atom. The van der Waals surface area contributed by atoms with E-state index >= 15 is 0 Å². The number of ether oxygens (including phenoxy) is 1. The predicted molar refractivity (Wildman–Crippen MR) is 126 cm³/mol. The number of nitrogens with zero attached hydrogens (tertiary/aromatic N) is 2. The van der Waals surface area contributed by atoms with E-state index in [9.17, 15) is 9.90 Å². The number of aliphatic hydroxyl groups is 1. The highest BCUT2D eigenvalue weighted by Crippen LogP contribution is 2.58. The Hall–Kier alpha value is -3.41. The monoisotopic (exact) mass is 438 g/mol. The normalized spacial score (nSPS) is 27.5. The van der Waals surface area contributed by atoms with Crippen LogP contribution in [-0.2, 0) is 22.4 Å². The molecular weight excluding hydrogens is 412 g/mol. The summed E-state index contributed by atoms with van der Waals surface area (Å²) >= 11 is 0. The zero-order chi connectivity index (χ0) is 23.4. The first-order chi connectivity index (χ1) is 15.9. The smallest absolute Gasteiger partial charge is 0.194 e. The highest BCUT2D eigenvalue weighted by atomic mass is 16.5. The van der Waals surface area contributed by atoms with Crippen molar-refractivity contribution in [3.63, 3.8) is 0 Å². The van der Waals surface area contributed by atoms with Crippen LogP contribution < -0.4 is 0 Å². The number of hydrogen-bond acceptors (Lipinski definition) is 3. The number of fused-ring (bicyclic) bond motifs is 5. The van der Waals surface area contributed by atoms with Gasteiger partial charge in [-0.25, -0.2) is 0 Å². The molecule has 1 N–H and O–H groups in total. The maximum absolute atomic E-state index is 13.7. The van der Waals surface area contributed by atoms with Gasteiger partial charge in [-0.05, 0) is 42.9 Å². The number of hydrogen-bond donors (Lipinski definition) is 1. The number of benzene rings is 2. The van der Waals surface area contributed by atoms with Gasteiger partial charge in [-0.3, -0.25) is 14.5 Å². The Morgan fingerprint density at radius 1 is 1.03 bits per heavy atom. The van der Waals surface area contributed by atoms with E-state index in [0.717, 1.165) is 35.1 Å². The zero-order valence-corrected chi connectivity index (χ0v) is 19.1. The van der Waals surface area contributed by atoms with E-state index in [2.05, 4.69) is 42.6 Å². The van der Waals surface area contributed by atoms with Crippen LogP contribution in [0.15, 0.2) is 36.1 Å². The summed E-state index contributed by atoms with van der Waals surface area (Å²) in [6.45, 7) is 20.9. The number of aliphatic hydroxyl groups excluding tert-OH is 1. The molecule has 2 aromatic rings. The van der Waals surface area contributed by atoms with Gasteiger partial charge in [-0.2, -0.15) is 0 Å². The van der Waals surface area contributed by atoms with E-state index in [-0.39, 0.29) is 41.5 Å². The molecule has 0 spiro atoms. The van der Waals surface area contributed by atoms with Crippen molar-refractivity contribution in [3.8, 4) is 0 Å². The van der Waals surface area contributed by atoms with Gasteiger partial charge in [0.2, 0.25) is 0 Å². The fourth-order valence-electron chi connectivity index (χ4n) is 6.21. The van der Waals surface area contributed by atoms with Crippen molar-refractivity contribution in [2.45, 2.75) is 58.2 Å². The molecule has 0 amide bonds. The second-order valence-electron chi connectivity index (χ2n) is 9.29. The largest absolute Gasteiger partial charge is 0.511 e. The molecule has 2 heterocycles. The van der Waals surface area contributed by atoms with Gasteiger partial charge in [-0.15, -0.1) is 0 Å². The summed E-state index contributed by atoms with van der Waals surface area (Å²) in [6.07, 6.45) is 1.72. The molecule has 5 nitrogen and oxygen atoms in total. The van der Waals surface area contributed by atoms with Crippen molar-refractivity contribution in [3.05, 3.63) is 86.7 Å². The van der Waals surface area contributed by atoms with E-state index in [1.807, 2.05) is 6.07 Å². The molecule has 0 aromatic heterocycles. The SMILES string of the molecule is [C-]#[N+]c1ccc([C@@H]2C[C@@H]3O[C@H]2[C@H]2C(O)=C(c4c(CC)cc(C)cc4CC)C(=O)[C@H]23)cc1[N+]#[C-]. The van der Waals surface area contributed by atoms with Crippen LogP contribution in [0, 0.1) is 31.9 Å². The third-order valence-electron chi connectivity index (χ3n) is 7.60. The van der Waals surface area contributed by atoms with E-state index in [0.29, 0.717) is 23.4 Å². The molecule has 2 bridgehead atoms. The first-order valence-corrected chi connectivity index (χ1v) is 11.6. The number of carbonyl (C=O) groups is 1. The van der Waals surface area contributed by atoms with Crippen LogP contribution in [0.4, 0.5) is 11.4 Å². The quantitative estimate of drug-likeness (QED) is 0.573. The minimum absolute atomic E-state index is 0.00176. The number of Topliss-reactive ketones (excluding diaryl/α,β-unsaturated/α-hetero) is 1. The van der Waals surface area contributed by atoms with Gasteiger partial charge < -0.3 is 9.84 Å². The van der Waals surface area contributed by atoms with Gasteiger partial charge >= 0.3 is 0 Å². The maximum atomic E-state index is 13.7. The van der Waals surface area contributed by atoms with Gasteiger partial charge in [0.25, 0.3) is 0 Å². The summed E-state index contributed by atoms with van der Waals surface area (Å²) < 4.78 is 6.24. The molecule has 5 atom stereocenters. The summed E-state index contributed by atoms with van der Waals surface area (Å²) in [4.78, 5) is 20.6. The highest BCUT2D eigenvalue weighted by Gasteiger charge is 2.62. The van der Waals surface area contributed by atoms with Crippen LogP contribution in [-0.4, -0.2) is 23.1 Å². The van der Waals surface area contributed by atoms with Crippen LogP contribution in [0.25, 0.3) is 15.3 Å². The standard InChI is InChI=1S/C28H26N2O3/c1-6-15-10-14(3)11-16(7-2)22(15)24-26(31)23-21-13-18(28(33-21)25(23)27(24)32)17-8-9-19(29-4)20(12-17)30-5/h8-12,18,21,23,25,28,32H,6-7,13H2,1-3H3/t18-,21-,23-,25+,28+/m0/s1. The second kappa shape index (κ2) is 7.87. The molecule has 2 fully saturated rings. The Balaban J connectivity index is 1.58. The van der Waals surface area contributed by atoms with E-state index in [1.165, 1.54) is 5.56 Å². The third kappa shape index (κ3) is 3.04.